The van der Waals surface area contributed by atoms with Gasteiger partial charge in [-0.3, -0.25) is 9.59 Å². The molecule has 35 heavy (non-hydrogen) atoms. The van der Waals surface area contributed by atoms with Gasteiger partial charge in [-0.05, 0) is 62.4 Å². The van der Waals surface area contributed by atoms with Gasteiger partial charge >= 0.3 is 0 Å². The maximum absolute atomic E-state index is 13.4. The molecule has 1 unspecified atom stereocenters. The number of carbonyl (C=O) groups is 2. The first-order chi connectivity index (χ1) is 16.9. The summed E-state index contributed by atoms with van der Waals surface area (Å²) in [6.07, 6.45) is 1.99. The smallest absolute Gasteiger partial charge is 0.254 e. The van der Waals surface area contributed by atoms with E-state index in [-0.39, 0.29) is 11.8 Å². The third kappa shape index (κ3) is 6.47. The van der Waals surface area contributed by atoms with E-state index >= 15 is 0 Å². The van der Waals surface area contributed by atoms with Crippen LogP contribution in [0, 0.1) is 5.41 Å². The maximum Gasteiger partial charge on any atom is 0.254 e. The number of carbonyl (C=O) groups excluding carboxylic acids is 2. The molecular formula is C27H34ClN3O4. The second-order valence-corrected chi connectivity index (χ2v) is 10.1. The molecule has 2 aromatic carbocycles. The molecule has 188 valence electrons. The van der Waals surface area contributed by atoms with E-state index in [9.17, 15) is 9.59 Å². The van der Waals surface area contributed by atoms with Gasteiger partial charge in [-0.1, -0.05) is 17.7 Å². The van der Waals surface area contributed by atoms with E-state index in [1.165, 1.54) is 0 Å². The van der Waals surface area contributed by atoms with Gasteiger partial charge in [0.1, 0.15) is 11.5 Å². The van der Waals surface area contributed by atoms with E-state index in [2.05, 4.69) is 11.9 Å². The lowest BCUT2D eigenvalue weighted by atomic mass is 9.77. The third-order valence-corrected chi connectivity index (χ3v) is 7.26. The fourth-order valence-corrected chi connectivity index (χ4v) is 5.01. The highest BCUT2D eigenvalue weighted by Gasteiger charge is 2.41. The van der Waals surface area contributed by atoms with Crippen molar-refractivity contribution in [1.82, 2.24) is 14.7 Å². The number of ether oxygens (including phenoxy) is 2. The van der Waals surface area contributed by atoms with Gasteiger partial charge in [0.25, 0.3) is 5.91 Å². The van der Waals surface area contributed by atoms with Crippen LogP contribution in [0.2, 0.25) is 5.02 Å². The van der Waals surface area contributed by atoms with Crippen LogP contribution in [0.15, 0.2) is 48.5 Å². The van der Waals surface area contributed by atoms with E-state index in [0.29, 0.717) is 48.2 Å². The largest absolute Gasteiger partial charge is 0.497 e. The van der Waals surface area contributed by atoms with Gasteiger partial charge in [0.05, 0.1) is 13.7 Å². The van der Waals surface area contributed by atoms with Crippen molar-refractivity contribution in [2.75, 3.05) is 60.0 Å². The minimum Gasteiger partial charge on any atom is -0.497 e. The summed E-state index contributed by atoms with van der Waals surface area (Å²) >= 11 is 6.02. The average Bonchev–Trinajstić information content (AvgIpc) is 2.88. The standard InChI is InChI=1S/C27H34ClN3O4/c1-29-13-15-30(16-14-29)25(32)18-27(20-35-23-9-7-22(28)8-10-23)11-4-12-31(19-27)26(33)21-5-3-6-24(17-21)34-2/h3,5-10,17H,4,11-16,18-20H2,1-2H3. The van der Waals surface area contributed by atoms with E-state index in [1.807, 2.05) is 34.1 Å². The molecule has 2 aliphatic heterocycles. The first-order valence-electron chi connectivity index (χ1n) is 12.2. The summed E-state index contributed by atoms with van der Waals surface area (Å²) in [5.74, 6) is 1.44. The number of hydrogen-bond donors (Lipinski definition) is 0. The molecule has 2 fully saturated rings. The van der Waals surface area contributed by atoms with E-state index in [0.717, 1.165) is 39.0 Å². The van der Waals surface area contributed by atoms with Gasteiger partial charge in [0, 0.05) is 61.7 Å². The number of likely N-dealkylation sites (N-methyl/N-ethyl adjacent to an activating group) is 1. The average molecular weight is 500 g/mol. The van der Waals surface area contributed by atoms with Crippen LogP contribution < -0.4 is 9.47 Å². The Balaban J connectivity index is 1.52. The van der Waals surface area contributed by atoms with Crippen LogP contribution in [0.5, 0.6) is 11.5 Å². The fourth-order valence-electron chi connectivity index (χ4n) is 4.89. The first-order valence-corrected chi connectivity index (χ1v) is 12.5. The quantitative estimate of drug-likeness (QED) is 0.579. The Labute approximate surface area is 212 Å². The zero-order chi connectivity index (χ0) is 24.8. The summed E-state index contributed by atoms with van der Waals surface area (Å²) in [4.78, 5) is 32.8. The van der Waals surface area contributed by atoms with Gasteiger partial charge in [0.15, 0.2) is 0 Å². The first kappa shape index (κ1) is 25.3. The van der Waals surface area contributed by atoms with Gasteiger partial charge < -0.3 is 24.2 Å². The number of amides is 2. The van der Waals surface area contributed by atoms with Crippen LogP contribution in [0.4, 0.5) is 0 Å². The highest BCUT2D eigenvalue weighted by atomic mass is 35.5. The molecule has 0 N–H and O–H groups in total. The molecule has 0 aliphatic carbocycles. The van der Waals surface area contributed by atoms with E-state index in [4.69, 9.17) is 21.1 Å². The number of rotatable bonds is 7. The van der Waals surface area contributed by atoms with Crippen molar-refractivity contribution in [2.24, 2.45) is 5.41 Å². The highest BCUT2D eigenvalue weighted by molar-refractivity contribution is 6.30. The van der Waals surface area contributed by atoms with Crippen LogP contribution in [-0.4, -0.2) is 86.5 Å². The van der Waals surface area contributed by atoms with Gasteiger partial charge in [-0.25, -0.2) is 0 Å². The molecule has 7 nitrogen and oxygen atoms in total. The molecule has 1 atom stereocenters. The molecule has 2 aromatic rings. The van der Waals surface area contributed by atoms with Crippen molar-refractivity contribution in [3.05, 3.63) is 59.1 Å². The lowest BCUT2D eigenvalue weighted by Gasteiger charge is -2.43. The summed E-state index contributed by atoms with van der Waals surface area (Å²) in [5, 5.41) is 0.644. The molecule has 0 radical (unpaired) electrons. The third-order valence-electron chi connectivity index (χ3n) is 7.01. The van der Waals surface area contributed by atoms with E-state index < -0.39 is 5.41 Å². The van der Waals surface area contributed by atoms with Crippen LogP contribution in [-0.2, 0) is 4.79 Å². The molecule has 0 aromatic heterocycles. The van der Waals surface area contributed by atoms with Crippen molar-refractivity contribution in [1.29, 1.82) is 0 Å². The Morgan fingerprint density at radius 3 is 2.43 bits per heavy atom. The lowest BCUT2D eigenvalue weighted by molar-refractivity contribution is -0.137. The van der Waals surface area contributed by atoms with Crippen molar-refractivity contribution in [2.45, 2.75) is 19.3 Å². The summed E-state index contributed by atoms with van der Waals surface area (Å²) in [7, 11) is 3.67. The second-order valence-electron chi connectivity index (χ2n) is 9.67. The van der Waals surface area contributed by atoms with E-state index in [1.54, 1.807) is 31.4 Å². The summed E-state index contributed by atoms with van der Waals surface area (Å²) < 4.78 is 11.5. The Bertz CT molecular complexity index is 1020. The molecule has 2 amide bonds. The Kier molecular flexibility index (Phi) is 8.19. The predicted molar refractivity (Wildman–Crippen MR) is 136 cm³/mol. The Morgan fingerprint density at radius 1 is 0.971 bits per heavy atom. The Morgan fingerprint density at radius 2 is 1.71 bits per heavy atom. The number of benzene rings is 2. The van der Waals surface area contributed by atoms with Gasteiger partial charge in [0.2, 0.25) is 5.91 Å². The number of nitrogens with zero attached hydrogens (tertiary/aromatic N) is 3. The number of piperazine rings is 1. The van der Waals surface area contributed by atoms with Gasteiger partial charge in [-0.15, -0.1) is 0 Å². The zero-order valence-corrected chi connectivity index (χ0v) is 21.3. The topological polar surface area (TPSA) is 62.3 Å². The van der Waals surface area contributed by atoms with Crippen LogP contribution >= 0.6 is 11.6 Å². The number of methoxy groups -OCH3 is 1. The normalized spacial score (nSPS) is 21.0. The minimum atomic E-state index is -0.465. The minimum absolute atomic E-state index is 0.0495. The summed E-state index contributed by atoms with van der Waals surface area (Å²) in [6, 6.07) is 14.5. The van der Waals surface area contributed by atoms with Crippen molar-refractivity contribution in [3.8, 4) is 11.5 Å². The monoisotopic (exact) mass is 499 g/mol. The maximum atomic E-state index is 13.4. The molecule has 2 aliphatic rings. The molecule has 0 bridgehead atoms. The molecule has 8 heteroatoms. The van der Waals surface area contributed by atoms with Crippen molar-refractivity contribution >= 4 is 23.4 Å². The predicted octanol–water partition coefficient (Wildman–Crippen LogP) is 3.81. The van der Waals surface area contributed by atoms with Crippen LogP contribution in [0.1, 0.15) is 29.6 Å². The zero-order valence-electron chi connectivity index (χ0n) is 20.5. The summed E-state index contributed by atoms with van der Waals surface area (Å²) in [5.41, 5.74) is 0.122. The molecule has 4 rings (SSSR count). The number of halogens is 1. The number of piperidine rings is 1. The second kappa shape index (κ2) is 11.3. The SMILES string of the molecule is COc1cccc(C(=O)N2CCCC(COc3ccc(Cl)cc3)(CC(=O)N3CCN(C)CC3)C2)c1. The van der Waals surface area contributed by atoms with Crippen molar-refractivity contribution < 1.29 is 19.1 Å². The molecular weight excluding hydrogens is 466 g/mol. The highest BCUT2D eigenvalue weighted by Crippen LogP contribution is 2.36. The molecule has 0 spiro atoms. The number of likely N-dealkylation sites (tertiary alicyclic amines) is 1. The van der Waals surface area contributed by atoms with Crippen molar-refractivity contribution in [3.63, 3.8) is 0 Å². The Hall–Kier alpha value is -2.77. The fraction of sp³-hybridized carbons (Fsp3) is 0.481. The number of hydrogen-bond acceptors (Lipinski definition) is 5. The summed E-state index contributed by atoms with van der Waals surface area (Å²) in [6.45, 7) is 4.69. The lowest BCUT2D eigenvalue weighted by Crippen LogP contribution is -2.53. The van der Waals surface area contributed by atoms with Gasteiger partial charge in [-0.2, -0.15) is 0 Å². The molecule has 2 heterocycles. The molecule has 0 saturated carbocycles. The van der Waals surface area contributed by atoms with Crippen LogP contribution in [0.25, 0.3) is 0 Å². The molecule has 2 saturated heterocycles. The van der Waals surface area contributed by atoms with Crippen LogP contribution in [0.3, 0.4) is 0 Å².